The Balaban J connectivity index is 1.88. The van der Waals surface area contributed by atoms with E-state index >= 15 is 0 Å². The molecule has 3 N–H and O–H groups in total. The first-order chi connectivity index (χ1) is 7.61. The molecule has 1 amide bonds. The van der Waals surface area contributed by atoms with Gasteiger partial charge in [-0.25, -0.2) is 0 Å². The first kappa shape index (κ1) is 11.9. The van der Waals surface area contributed by atoms with Crippen LogP contribution in [-0.4, -0.2) is 18.0 Å². The Bertz CT molecular complexity index is 267. The molecule has 2 bridgehead atoms. The number of fused-ring (bicyclic) bond motifs is 2. The molecule has 0 heterocycles. The lowest BCUT2D eigenvalue weighted by Gasteiger charge is -2.30. The highest BCUT2D eigenvalue weighted by Crippen LogP contribution is 2.49. The average Bonchev–Trinajstić information content (AvgIpc) is 2.86. The van der Waals surface area contributed by atoms with E-state index in [1.165, 1.54) is 25.7 Å². The number of rotatable bonds is 5. The van der Waals surface area contributed by atoms with E-state index in [-0.39, 0.29) is 11.9 Å². The molecule has 3 nitrogen and oxygen atoms in total. The van der Waals surface area contributed by atoms with E-state index in [1.807, 2.05) is 6.92 Å². The zero-order valence-electron chi connectivity index (χ0n) is 10.4. The standard InChI is InChI=1S/C13H24N2O/c1-3-12(13(14)16)15-8(2)11-7-9-4-5-10(11)6-9/h8-12,15H,3-7H2,1-2H3,(H2,14,16). The minimum atomic E-state index is -0.211. The first-order valence-corrected chi connectivity index (χ1v) is 6.67. The lowest BCUT2D eigenvalue weighted by molar-refractivity contribution is -0.120. The second kappa shape index (κ2) is 4.74. The van der Waals surface area contributed by atoms with Crippen LogP contribution in [0.4, 0.5) is 0 Å². The molecule has 0 aromatic carbocycles. The van der Waals surface area contributed by atoms with Crippen LogP contribution in [0.15, 0.2) is 0 Å². The summed E-state index contributed by atoms with van der Waals surface area (Å²) in [7, 11) is 0. The van der Waals surface area contributed by atoms with Gasteiger partial charge in [-0.3, -0.25) is 4.79 Å². The van der Waals surface area contributed by atoms with Gasteiger partial charge in [0.15, 0.2) is 0 Å². The lowest BCUT2D eigenvalue weighted by Crippen LogP contribution is -2.48. The van der Waals surface area contributed by atoms with Crippen LogP contribution in [0.1, 0.15) is 46.0 Å². The molecule has 2 saturated carbocycles. The maximum atomic E-state index is 11.2. The third-order valence-electron chi connectivity index (χ3n) is 4.65. The van der Waals surface area contributed by atoms with Crippen LogP contribution in [0.25, 0.3) is 0 Å². The van der Waals surface area contributed by atoms with E-state index in [9.17, 15) is 4.79 Å². The molecule has 92 valence electrons. The predicted octanol–water partition coefficient (Wildman–Crippen LogP) is 1.66. The molecule has 16 heavy (non-hydrogen) atoms. The van der Waals surface area contributed by atoms with Gasteiger partial charge < -0.3 is 11.1 Å². The molecule has 2 aliphatic rings. The van der Waals surface area contributed by atoms with Gasteiger partial charge in [-0.15, -0.1) is 0 Å². The molecular weight excluding hydrogens is 200 g/mol. The van der Waals surface area contributed by atoms with Crippen LogP contribution in [-0.2, 0) is 4.79 Å². The average molecular weight is 224 g/mol. The Kier molecular flexibility index (Phi) is 3.53. The Morgan fingerprint density at radius 2 is 2.19 bits per heavy atom. The number of primary amides is 1. The van der Waals surface area contributed by atoms with E-state index in [2.05, 4.69) is 12.2 Å². The second-order valence-corrected chi connectivity index (χ2v) is 5.66. The zero-order valence-corrected chi connectivity index (χ0v) is 10.4. The number of carbonyl (C=O) groups excluding carboxylic acids is 1. The van der Waals surface area contributed by atoms with Gasteiger partial charge in [0, 0.05) is 6.04 Å². The highest BCUT2D eigenvalue weighted by molar-refractivity contribution is 5.79. The van der Waals surface area contributed by atoms with Crippen molar-refractivity contribution in [3.05, 3.63) is 0 Å². The number of carbonyl (C=O) groups is 1. The fraction of sp³-hybridized carbons (Fsp3) is 0.923. The third kappa shape index (κ3) is 2.24. The van der Waals surface area contributed by atoms with Gasteiger partial charge in [0.2, 0.25) is 5.91 Å². The molecule has 0 saturated heterocycles. The van der Waals surface area contributed by atoms with Gasteiger partial charge >= 0.3 is 0 Å². The van der Waals surface area contributed by atoms with Gasteiger partial charge in [0.1, 0.15) is 0 Å². The quantitative estimate of drug-likeness (QED) is 0.746. The van der Waals surface area contributed by atoms with Crippen LogP contribution >= 0.6 is 0 Å². The largest absolute Gasteiger partial charge is 0.368 e. The highest BCUT2D eigenvalue weighted by Gasteiger charge is 2.42. The van der Waals surface area contributed by atoms with E-state index in [1.54, 1.807) is 0 Å². The van der Waals surface area contributed by atoms with Crippen LogP contribution < -0.4 is 11.1 Å². The maximum Gasteiger partial charge on any atom is 0.234 e. The molecule has 3 heteroatoms. The molecule has 2 rings (SSSR count). The summed E-state index contributed by atoms with van der Waals surface area (Å²) in [5.41, 5.74) is 5.37. The van der Waals surface area contributed by atoms with E-state index in [4.69, 9.17) is 5.73 Å². The fourth-order valence-corrected chi connectivity index (χ4v) is 3.75. The Labute approximate surface area is 98.2 Å². The molecule has 0 aliphatic heterocycles. The van der Waals surface area contributed by atoms with Gasteiger partial charge in [0.25, 0.3) is 0 Å². The van der Waals surface area contributed by atoms with Gasteiger partial charge in [-0.2, -0.15) is 0 Å². The SMILES string of the molecule is CCC(NC(C)C1CC2CCC1C2)C(N)=O. The van der Waals surface area contributed by atoms with Crippen molar-refractivity contribution in [2.75, 3.05) is 0 Å². The number of hydrogen-bond acceptors (Lipinski definition) is 2. The second-order valence-electron chi connectivity index (χ2n) is 5.66. The molecular formula is C13H24N2O. The molecule has 0 spiro atoms. The Morgan fingerprint density at radius 3 is 2.62 bits per heavy atom. The lowest BCUT2D eigenvalue weighted by atomic mass is 9.83. The summed E-state index contributed by atoms with van der Waals surface area (Å²) >= 11 is 0. The van der Waals surface area contributed by atoms with Gasteiger partial charge in [-0.1, -0.05) is 13.3 Å². The topological polar surface area (TPSA) is 55.1 Å². The zero-order chi connectivity index (χ0) is 11.7. The first-order valence-electron chi connectivity index (χ1n) is 6.67. The summed E-state index contributed by atoms with van der Waals surface area (Å²) in [6, 6.07) is 0.293. The van der Waals surface area contributed by atoms with Crippen molar-refractivity contribution in [1.82, 2.24) is 5.32 Å². The van der Waals surface area contributed by atoms with E-state index in [0.29, 0.717) is 6.04 Å². The smallest absolute Gasteiger partial charge is 0.234 e. The van der Waals surface area contributed by atoms with Crippen molar-refractivity contribution in [3.63, 3.8) is 0 Å². The number of nitrogens with one attached hydrogen (secondary N) is 1. The van der Waals surface area contributed by atoms with Crippen molar-refractivity contribution in [3.8, 4) is 0 Å². The third-order valence-corrected chi connectivity index (χ3v) is 4.65. The maximum absolute atomic E-state index is 11.2. The summed E-state index contributed by atoms with van der Waals surface area (Å²) in [4.78, 5) is 11.2. The van der Waals surface area contributed by atoms with Crippen LogP contribution in [0.2, 0.25) is 0 Å². The monoisotopic (exact) mass is 224 g/mol. The number of hydrogen-bond donors (Lipinski definition) is 2. The van der Waals surface area contributed by atoms with Crippen molar-refractivity contribution in [2.24, 2.45) is 23.5 Å². The number of nitrogens with two attached hydrogens (primary N) is 1. The molecule has 0 radical (unpaired) electrons. The predicted molar refractivity (Wildman–Crippen MR) is 64.8 cm³/mol. The summed E-state index contributed by atoms with van der Waals surface area (Å²) in [6.07, 6.45) is 6.40. The summed E-state index contributed by atoms with van der Waals surface area (Å²) < 4.78 is 0. The van der Waals surface area contributed by atoms with Crippen LogP contribution in [0.3, 0.4) is 0 Å². The Hall–Kier alpha value is -0.570. The molecule has 0 aromatic rings. The minimum Gasteiger partial charge on any atom is -0.368 e. The molecule has 2 fully saturated rings. The van der Waals surface area contributed by atoms with Crippen molar-refractivity contribution < 1.29 is 4.79 Å². The molecule has 2 aliphatic carbocycles. The van der Waals surface area contributed by atoms with E-state index < -0.39 is 0 Å². The van der Waals surface area contributed by atoms with Crippen LogP contribution in [0.5, 0.6) is 0 Å². The van der Waals surface area contributed by atoms with Gasteiger partial charge in [0.05, 0.1) is 6.04 Å². The highest BCUT2D eigenvalue weighted by atomic mass is 16.1. The van der Waals surface area contributed by atoms with Crippen LogP contribution in [0, 0.1) is 17.8 Å². The summed E-state index contributed by atoms with van der Waals surface area (Å²) in [5, 5.41) is 3.42. The van der Waals surface area contributed by atoms with Crippen molar-refractivity contribution in [1.29, 1.82) is 0 Å². The Morgan fingerprint density at radius 1 is 1.44 bits per heavy atom. The molecule has 5 unspecified atom stereocenters. The van der Waals surface area contributed by atoms with Crippen molar-refractivity contribution >= 4 is 5.91 Å². The fourth-order valence-electron chi connectivity index (χ4n) is 3.75. The number of amides is 1. The van der Waals surface area contributed by atoms with Gasteiger partial charge in [-0.05, 0) is 50.4 Å². The molecule has 5 atom stereocenters. The van der Waals surface area contributed by atoms with Crippen molar-refractivity contribution in [2.45, 2.75) is 58.0 Å². The summed E-state index contributed by atoms with van der Waals surface area (Å²) in [5.74, 6) is 2.43. The van der Waals surface area contributed by atoms with E-state index in [0.717, 1.165) is 24.2 Å². The normalized spacial score (nSPS) is 36.2. The minimum absolute atomic E-state index is 0.144. The molecule has 0 aromatic heterocycles. The summed E-state index contributed by atoms with van der Waals surface area (Å²) in [6.45, 7) is 4.23.